The Kier molecular flexibility index (Phi) is 2.57. The molecule has 0 fully saturated rings. The molecule has 0 atom stereocenters. The summed E-state index contributed by atoms with van der Waals surface area (Å²) >= 11 is 16.1. The second-order valence-corrected chi connectivity index (χ2v) is 6.96. The van der Waals surface area contributed by atoms with Crippen molar-refractivity contribution >= 4 is 39.9 Å². The van der Waals surface area contributed by atoms with Gasteiger partial charge in [0.15, 0.2) is 5.22 Å². The summed E-state index contributed by atoms with van der Waals surface area (Å²) in [5.41, 5.74) is 0. The fraction of sp³-hybridized carbons (Fsp3) is 0.500. The lowest BCUT2D eigenvalue weighted by Crippen LogP contribution is -1.75. The van der Waals surface area contributed by atoms with Crippen LogP contribution < -0.4 is 0 Å². The predicted octanol–water partition coefficient (Wildman–Crippen LogP) is 3.49. The Morgan fingerprint density at radius 1 is 1.50 bits per heavy atom. The van der Waals surface area contributed by atoms with E-state index in [1.807, 2.05) is 0 Å². The maximum absolute atomic E-state index is 10.9. The first-order valence-corrected chi connectivity index (χ1v) is 6.42. The van der Waals surface area contributed by atoms with Crippen LogP contribution in [0.4, 0.5) is 0 Å². The molecule has 1 heterocycles. The lowest BCUT2D eigenvalue weighted by molar-refractivity contribution is 0.269. The maximum Gasteiger partial charge on any atom is 0.282 e. The SMILES string of the molecule is O=P(Cl)(Cl)C1=C(Cl)OCC1. The van der Waals surface area contributed by atoms with Crippen LogP contribution in [0.1, 0.15) is 6.42 Å². The Labute approximate surface area is 73.0 Å². The second kappa shape index (κ2) is 2.94. The molecule has 0 N–H and O–H groups in total. The summed E-state index contributed by atoms with van der Waals surface area (Å²) in [7, 11) is 0. The van der Waals surface area contributed by atoms with Gasteiger partial charge in [0.25, 0.3) is 5.85 Å². The first-order valence-electron chi connectivity index (χ1n) is 2.53. The number of hydrogen-bond donors (Lipinski definition) is 0. The second-order valence-electron chi connectivity index (χ2n) is 1.78. The van der Waals surface area contributed by atoms with Gasteiger partial charge in [-0.2, -0.15) is 0 Å². The van der Waals surface area contributed by atoms with E-state index < -0.39 is 5.85 Å². The molecular weight excluding hydrogens is 217 g/mol. The van der Waals surface area contributed by atoms with Gasteiger partial charge in [-0.3, -0.25) is 4.57 Å². The van der Waals surface area contributed by atoms with Crippen molar-refractivity contribution in [2.45, 2.75) is 6.42 Å². The molecule has 1 aliphatic heterocycles. The number of hydrogen-bond acceptors (Lipinski definition) is 2. The third-order valence-corrected chi connectivity index (χ3v) is 3.86. The summed E-state index contributed by atoms with van der Waals surface area (Å²) in [5, 5.41) is 0.422. The summed E-state index contributed by atoms with van der Waals surface area (Å²) in [5.74, 6) is -3.20. The van der Waals surface area contributed by atoms with Gasteiger partial charge < -0.3 is 4.74 Å². The first kappa shape index (κ1) is 8.73. The highest BCUT2D eigenvalue weighted by Crippen LogP contribution is 2.67. The number of halogens is 3. The number of ether oxygens (including phenoxy) is 1. The molecule has 2 nitrogen and oxygen atoms in total. The maximum atomic E-state index is 10.9. The molecule has 10 heavy (non-hydrogen) atoms. The quantitative estimate of drug-likeness (QED) is 0.634. The molecule has 0 aromatic heterocycles. The van der Waals surface area contributed by atoms with E-state index in [-0.39, 0.29) is 5.22 Å². The van der Waals surface area contributed by atoms with Crippen molar-refractivity contribution in [2.24, 2.45) is 0 Å². The van der Waals surface area contributed by atoms with Crippen molar-refractivity contribution < 1.29 is 9.30 Å². The monoisotopic (exact) mass is 220 g/mol. The average molecular weight is 221 g/mol. The van der Waals surface area contributed by atoms with E-state index in [1.165, 1.54) is 0 Å². The predicted molar refractivity (Wildman–Crippen MR) is 42.8 cm³/mol. The van der Waals surface area contributed by atoms with Gasteiger partial charge in [-0.15, -0.1) is 0 Å². The van der Waals surface area contributed by atoms with Gasteiger partial charge in [-0.25, -0.2) is 0 Å². The Bertz CT molecular complexity index is 219. The van der Waals surface area contributed by atoms with Gasteiger partial charge in [0.2, 0.25) is 0 Å². The Hall–Kier alpha value is 0.640. The molecule has 0 aliphatic carbocycles. The van der Waals surface area contributed by atoms with E-state index >= 15 is 0 Å². The van der Waals surface area contributed by atoms with Crippen LogP contribution in [-0.2, 0) is 9.30 Å². The third-order valence-electron chi connectivity index (χ3n) is 1.11. The van der Waals surface area contributed by atoms with Crippen LogP contribution in [0.5, 0.6) is 0 Å². The molecule has 58 valence electrons. The summed E-state index contributed by atoms with van der Waals surface area (Å²) < 4.78 is 15.7. The van der Waals surface area contributed by atoms with Crippen LogP contribution in [0, 0.1) is 0 Å². The molecule has 1 aliphatic rings. The highest BCUT2D eigenvalue weighted by Gasteiger charge is 2.29. The van der Waals surface area contributed by atoms with E-state index in [2.05, 4.69) is 0 Å². The lowest BCUT2D eigenvalue weighted by atomic mass is 10.5. The molecule has 0 bridgehead atoms. The fourth-order valence-electron chi connectivity index (χ4n) is 0.651. The summed E-state index contributed by atoms with van der Waals surface area (Å²) in [6, 6.07) is 0. The van der Waals surface area contributed by atoms with Crippen molar-refractivity contribution in [3.8, 4) is 0 Å². The molecule has 0 aromatic carbocycles. The largest absolute Gasteiger partial charge is 0.482 e. The van der Waals surface area contributed by atoms with Crippen LogP contribution in [-0.4, -0.2) is 6.61 Å². The summed E-state index contributed by atoms with van der Waals surface area (Å²) in [6.07, 6.45) is 0.461. The standard InChI is InChI=1S/C4H4Cl3O2P/c5-4-3(1-2-9-4)10(6,7)8/h1-2H2. The van der Waals surface area contributed by atoms with Gasteiger partial charge in [-0.05, 0) is 34.1 Å². The van der Waals surface area contributed by atoms with E-state index in [9.17, 15) is 4.57 Å². The molecule has 0 aromatic rings. The molecule has 0 saturated carbocycles. The Balaban J connectivity index is 2.92. The molecular formula is C4H4Cl3O2P. The molecule has 0 amide bonds. The third kappa shape index (κ3) is 1.82. The topological polar surface area (TPSA) is 26.3 Å². The zero-order valence-corrected chi connectivity index (χ0v) is 7.97. The minimum atomic E-state index is -3.20. The smallest absolute Gasteiger partial charge is 0.282 e. The molecule has 6 heteroatoms. The van der Waals surface area contributed by atoms with Crippen molar-refractivity contribution in [2.75, 3.05) is 6.61 Å². The van der Waals surface area contributed by atoms with Crippen molar-refractivity contribution in [1.29, 1.82) is 0 Å². The zero-order valence-electron chi connectivity index (χ0n) is 4.81. The van der Waals surface area contributed by atoms with Crippen molar-refractivity contribution in [1.82, 2.24) is 0 Å². The van der Waals surface area contributed by atoms with Gasteiger partial charge in [0.1, 0.15) is 0 Å². The normalized spacial score (nSPS) is 19.5. The van der Waals surface area contributed by atoms with Gasteiger partial charge in [0, 0.05) is 6.42 Å². The van der Waals surface area contributed by atoms with Crippen LogP contribution in [0.2, 0.25) is 0 Å². The molecule has 1 rings (SSSR count). The minimum absolute atomic E-state index is 0.0910. The van der Waals surface area contributed by atoms with Crippen LogP contribution in [0.25, 0.3) is 0 Å². The van der Waals surface area contributed by atoms with Crippen LogP contribution in [0.15, 0.2) is 10.5 Å². The van der Waals surface area contributed by atoms with Crippen LogP contribution in [0.3, 0.4) is 0 Å². The van der Waals surface area contributed by atoms with Crippen molar-refractivity contribution in [3.05, 3.63) is 10.5 Å². The van der Waals surface area contributed by atoms with Gasteiger partial charge in [0.05, 0.1) is 11.9 Å². The van der Waals surface area contributed by atoms with E-state index in [1.54, 1.807) is 0 Å². The summed E-state index contributed by atoms with van der Waals surface area (Å²) in [4.78, 5) is 0. The molecule has 0 saturated heterocycles. The lowest BCUT2D eigenvalue weighted by Gasteiger charge is -1.98. The molecule has 0 unspecified atom stereocenters. The highest BCUT2D eigenvalue weighted by molar-refractivity contribution is 8.11. The van der Waals surface area contributed by atoms with Crippen LogP contribution >= 0.6 is 39.9 Å². The Morgan fingerprint density at radius 3 is 2.30 bits per heavy atom. The first-order chi connectivity index (χ1) is 4.52. The highest BCUT2D eigenvalue weighted by atomic mass is 35.9. The average Bonchev–Trinajstić information content (AvgIpc) is 2.11. The molecule has 0 radical (unpaired) electrons. The van der Waals surface area contributed by atoms with Gasteiger partial charge in [-0.1, -0.05) is 0 Å². The minimum Gasteiger partial charge on any atom is -0.482 e. The van der Waals surface area contributed by atoms with Gasteiger partial charge >= 0.3 is 0 Å². The van der Waals surface area contributed by atoms with E-state index in [0.29, 0.717) is 18.3 Å². The summed E-state index contributed by atoms with van der Waals surface area (Å²) in [6.45, 7) is 0.414. The molecule has 0 spiro atoms. The number of rotatable bonds is 1. The van der Waals surface area contributed by atoms with Crippen molar-refractivity contribution in [3.63, 3.8) is 0 Å². The zero-order chi connectivity index (χ0) is 7.78. The van der Waals surface area contributed by atoms with E-state index in [4.69, 9.17) is 38.8 Å². The Morgan fingerprint density at radius 2 is 2.10 bits per heavy atom. The fourth-order valence-corrected chi connectivity index (χ4v) is 3.03. The van der Waals surface area contributed by atoms with E-state index in [0.717, 1.165) is 0 Å².